The average Bonchev–Trinajstić information content (AvgIpc) is 3.17. The number of methoxy groups -OCH3 is 1. The average molecular weight is 370 g/mol. The molecule has 4 nitrogen and oxygen atoms in total. The lowest BCUT2D eigenvalue weighted by Crippen LogP contribution is -2.12. The number of amides is 1. The molecule has 4 rings (SSSR count). The van der Waals surface area contributed by atoms with Gasteiger partial charge in [-0.3, -0.25) is 4.79 Å². The van der Waals surface area contributed by atoms with Gasteiger partial charge < -0.3 is 15.0 Å². The van der Waals surface area contributed by atoms with Crippen LogP contribution >= 0.6 is 0 Å². The number of anilines is 1. The molecule has 4 heteroatoms. The number of carbonyl (C=O) groups excluding carboxylic acids is 1. The van der Waals surface area contributed by atoms with Crippen molar-refractivity contribution in [3.63, 3.8) is 0 Å². The van der Waals surface area contributed by atoms with Gasteiger partial charge in [-0.2, -0.15) is 0 Å². The van der Waals surface area contributed by atoms with Crippen LogP contribution in [0.4, 0.5) is 5.69 Å². The number of aryl methyl sites for hydroxylation is 1. The van der Waals surface area contributed by atoms with E-state index < -0.39 is 0 Å². The van der Waals surface area contributed by atoms with E-state index in [0.717, 1.165) is 33.8 Å². The highest BCUT2D eigenvalue weighted by Gasteiger charge is 2.07. The summed E-state index contributed by atoms with van der Waals surface area (Å²) in [5.74, 6) is 0.826. The molecule has 2 N–H and O–H groups in total. The van der Waals surface area contributed by atoms with E-state index in [0.29, 0.717) is 12.8 Å². The van der Waals surface area contributed by atoms with Gasteiger partial charge in [-0.15, -0.1) is 0 Å². The van der Waals surface area contributed by atoms with Crippen molar-refractivity contribution in [2.24, 2.45) is 0 Å². The Bertz CT molecular complexity index is 1060. The van der Waals surface area contributed by atoms with Crippen LogP contribution < -0.4 is 10.1 Å². The van der Waals surface area contributed by atoms with E-state index in [9.17, 15) is 4.79 Å². The lowest BCUT2D eigenvalue weighted by molar-refractivity contribution is -0.116. The highest BCUT2D eigenvalue weighted by molar-refractivity contribution is 5.92. The monoisotopic (exact) mass is 370 g/mol. The predicted octanol–water partition coefficient (Wildman–Crippen LogP) is 5.41. The Hall–Kier alpha value is -3.53. The van der Waals surface area contributed by atoms with E-state index >= 15 is 0 Å². The molecule has 0 saturated heterocycles. The Labute approximate surface area is 164 Å². The van der Waals surface area contributed by atoms with Gasteiger partial charge in [-0.1, -0.05) is 42.5 Å². The quantitative estimate of drug-likeness (QED) is 0.476. The van der Waals surface area contributed by atoms with Gasteiger partial charge in [0.1, 0.15) is 5.75 Å². The van der Waals surface area contributed by atoms with Crippen LogP contribution in [0.15, 0.2) is 78.9 Å². The summed E-state index contributed by atoms with van der Waals surface area (Å²) in [4.78, 5) is 15.8. The number of fused-ring (bicyclic) bond motifs is 1. The molecule has 140 valence electrons. The van der Waals surface area contributed by atoms with Crippen LogP contribution in [0.1, 0.15) is 12.0 Å². The van der Waals surface area contributed by atoms with E-state index in [1.54, 1.807) is 7.11 Å². The number of ether oxygens (including phenoxy) is 1. The minimum Gasteiger partial charge on any atom is -0.497 e. The van der Waals surface area contributed by atoms with Crippen molar-refractivity contribution in [1.29, 1.82) is 0 Å². The van der Waals surface area contributed by atoms with Crippen LogP contribution in [-0.2, 0) is 11.2 Å². The van der Waals surface area contributed by atoms with Crippen molar-refractivity contribution in [3.05, 3.63) is 84.4 Å². The highest BCUT2D eigenvalue weighted by atomic mass is 16.5. The first-order valence-corrected chi connectivity index (χ1v) is 9.32. The molecule has 28 heavy (non-hydrogen) atoms. The smallest absolute Gasteiger partial charge is 0.224 e. The van der Waals surface area contributed by atoms with Crippen LogP contribution in [0, 0.1) is 0 Å². The van der Waals surface area contributed by atoms with Crippen molar-refractivity contribution in [3.8, 4) is 17.0 Å². The number of nitrogens with one attached hydrogen (secondary N) is 2. The van der Waals surface area contributed by atoms with Gasteiger partial charge in [0, 0.05) is 34.3 Å². The molecule has 0 aliphatic carbocycles. The molecule has 0 fully saturated rings. The fourth-order valence-electron chi connectivity index (χ4n) is 3.27. The Kier molecular flexibility index (Phi) is 5.11. The third kappa shape index (κ3) is 4.07. The van der Waals surface area contributed by atoms with Gasteiger partial charge in [0.2, 0.25) is 5.91 Å². The van der Waals surface area contributed by atoms with Crippen LogP contribution in [0.3, 0.4) is 0 Å². The maximum Gasteiger partial charge on any atom is 0.224 e. The largest absolute Gasteiger partial charge is 0.497 e. The fourth-order valence-corrected chi connectivity index (χ4v) is 3.27. The number of H-pyrrole nitrogens is 1. The summed E-state index contributed by atoms with van der Waals surface area (Å²) >= 11 is 0. The molecule has 0 spiro atoms. The zero-order valence-corrected chi connectivity index (χ0v) is 15.7. The van der Waals surface area contributed by atoms with Crippen LogP contribution in [0.2, 0.25) is 0 Å². The van der Waals surface area contributed by atoms with Gasteiger partial charge in [-0.05, 0) is 48.4 Å². The third-order valence-electron chi connectivity index (χ3n) is 4.79. The van der Waals surface area contributed by atoms with Crippen LogP contribution in [0.5, 0.6) is 5.75 Å². The molecule has 0 aliphatic rings. The first kappa shape index (κ1) is 17.9. The second-order valence-electron chi connectivity index (χ2n) is 6.75. The molecular weight excluding hydrogens is 348 g/mol. The number of para-hydroxylation sites is 1. The van der Waals surface area contributed by atoms with Gasteiger partial charge in [-0.25, -0.2) is 0 Å². The van der Waals surface area contributed by atoms with Crippen molar-refractivity contribution in [2.75, 3.05) is 12.4 Å². The van der Waals surface area contributed by atoms with Gasteiger partial charge in [0.25, 0.3) is 0 Å². The van der Waals surface area contributed by atoms with Crippen molar-refractivity contribution >= 4 is 22.5 Å². The second kappa shape index (κ2) is 8.01. The third-order valence-corrected chi connectivity index (χ3v) is 4.79. The summed E-state index contributed by atoms with van der Waals surface area (Å²) in [5, 5.41) is 4.17. The molecule has 0 radical (unpaired) electrons. The summed E-state index contributed by atoms with van der Waals surface area (Å²) < 4.78 is 5.16. The highest BCUT2D eigenvalue weighted by Crippen LogP contribution is 2.26. The summed E-state index contributed by atoms with van der Waals surface area (Å²) in [6.07, 6.45) is 1.13. The summed E-state index contributed by atoms with van der Waals surface area (Å²) in [6.45, 7) is 0. The van der Waals surface area contributed by atoms with E-state index in [1.165, 1.54) is 5.39 Å². The van der Waals surface area contributed by atoms with E-state index in [2.05, 4.69) is 28.5 Å². The van der Waals surface area contributed by atoms with Gasteiger partial charge in [0.05, 0.1) is 7.11 Å². The molecule has 1 aromatic heterocycles. The van der Waals surface area contributed by atoms with Crippen molar-refractivity contribution in [1.82, 2.24) is 4.98 Å². The standard InChI is InChI=1S/C24H22N2O2/c1-28-21-12-9-17(10-13-21)11-14-24(27)25-20-7-4-6-18(15-20)23-16-19-5-2-3-8-22(19)26-23/h2-10,12-13,15-16,26H,11,14H2,1H3,(H,25,27). The lowest BCUT2D eigenvalue weighted by Gasteiger charge is -2.07. The maximum absolute atomic E-state index is 12.4. The first-order valence-electron chi connectivity index (χ1n) is 9.32. The molecule has 1 heterocycles. The zero-order valence-electron chi connectivity index (χ0n) is 15.7. The van der Waals surface area contributed by atoms with Gasteiger partial charge >= 0.3 is 0 Å². The molecule has 0 bridgehead atoms. The molecule has 4 aromatic rings. The van der Waals surface area contributed by atoms with E-state index in [1.807, 2.05) is 60.7 Å². The number of hydrogen-bond acceptors (Lipinski definition) is 2. The molecule has 3 aromatic carbocycles. The Balaban J connectivity index is 1.41. The van der Waals surface area contributed by atoms with Gasteiger partial charge in [0.15, 0.2) is 0 Å². The number of aromatic amines is 1. The Morgan fingerprint density at radius 3 is 2.57 bits per heavy atom. The number of carbonyl (C=O) groups is 1. The van der Waals surface area contributed by atoms with Crippen molar-refractivity contribution in [2.45, 2.75) is 12.8 Å². The topological polar surface area (TPSA) is 54.1 Å². The van der Waals surface area contributed by atoms with Crippen LogP contribution in [-0.4, -0.2) is 18.0 Å². The summed E-state index contributed by atoms with van der Waals surface area (Å²) in [7, 11) is 1.65. The molecule has 0 atom stereocenters. The normalized spacial score (nSPS) is 10.8. The number of benzene rings is 3. The van der Waals surface area contributed by atoms with E-state index in [-0.39, 0.29) is 5.91 Å². The lowest BCUT2D eigenvalue weighted by atomic mass is 10.1. The molecule has 0 unspecified atom stereocenters. The Morgan fingerprint density at radius 2 is 1.79 bits per heavy atom. The fraction of sp³-hybridized carbons (Fsp3) is 0.125. The number of rotatable bonds is 6. The molecule has 1 amide bonds. The maximum atomic E-state index is 12.4. The summed E-state index contributed by atoms with van der Waals surface area (Å²) in [6, 6.07) is 26.0. The minimum atomic E-state index is 0.00427. The van der Waals surface area contributed by atoms with Crippen LogP contribution in [0.25, 0.3) is 22.2 Å². The second-order valence-corrected chi connectivity index (χ2v) is 6.75. The molecular formula is C24H22N2O2. The predicted molar refractivity (Wildman–Crippen MR) is 114 cm³/mol. The van der Waals surface area contributed by atoms with E-state index in [4.69, 9.17) is 4.74 Å². The zero-order chi connectivity index (χ0) is 19.3. The summed E-state index contributed by atoms with van der Waals surface area (Å²) in [5.41, 5.74) is 5.10. The number of hydrogen-bond donors (Lipinski definition) is 2. The first-order chi connectivity index (χ1) is 13.7. The Morgan fingerprint density at radius 1 is 0.964 bits per heavy atom. The minimum absolute atomic E-state index is 0.00427. The molecule has 0 aliphatic heterocycles. The van der Waals surface area contributed by atoms with Crippen molar-refractivity contribution < 1.29 is 9.53 Å². The molecule has 0 saturated carbocycles. The SMILES string of the molecule is COc1ccc(CCC(=O)Nc2cccc(-c3cc4ccccc4[nH]3)c2)cc1. The number of aromatic nitrogens is 1.